The van der Waals surface area contributed by atoms with Crippen LogP contribution in [-0.4, -0.2) is 0 Å². The number of hydrogen-bond acceptors (Lipinski definition) is 0. The Hall–Kier alpha value is -0.630. The summed E-state index contributed by atoms with van der Waals surface area (Å²) in [5.74, 6) is -1.03. The van der Waals surface area contributed by atoms with Crippen molar-refractivity contribution in [1.82, 2.24) is 0 Å². The monoisotopic (exact) mass is 188 g/mol. The maximum atomic E-state index is 13.1. The van der Waals surface area contributed by atoms with E-state index >= 15 is 0 Å². The molecule has 0 N–H and O–H groups in total. The maximum Gasteiger partial charge on any atom is 0.131 e. The van der Waals surface area contributed by atoms with Crippen molar-refractivity contribution in [2.75, 3.05) is 0 Å². The first-order chi connectivity index (χ1) is 5.68. The Bertz CT molecular complexity index is 323. The molecule has 1 atom stereocenters. The van der Waals surface area contributed by atoms with Crippen molar-refractivity contribution >= 4 is 11.6 Å². The fourth-order valence-electron chi connectivity index (χ4n) is 1.62. The Morgan fingerprint density at radius 3 is 2.83 bits per heavy atom. The Balaban J connectivity index is 2.60. The van der Waals surface area contributed by atoms with Crippen molar-refractivity contribution in [2.24, 2.45) is 0 Å². The van der Waals surface area contributed by atoms with Gasteiger partial charge in [-0.15, -0.1) is 11.6 Å². The molecule has 12 heavy (non-hydrogen) atoms. The number of rotatable bonds is 0. The van der Waals surface area contributed by atoms with Crippen molar-refractivity contribution in [3.63, 3.8) is 0 Å². The van der Waals surface area contributed by atoms with Crippen molar-refractivity contribution in [3.8, 4) is 0 Å². The van der Waals surface area contributed by atoms with Crippen LogP contribution in [-0.2, 0) is 6.42 Å². The van der Waals surface area contributed by atoms with Gasteiger partial charge in [-0.2, -0.15) is 0 Å². The van der Waals surface area contributed by atoms with E-state index in [4.69, 9.17) is 11.6 Å². The molecule has 3 heteroatoms. The highest BCUT2D eigenvalue weighted by atomic mass is 35.5. The summed E-state index contributed by atoms with van der Waals surface area (Å²) in [6.07, 6.45) is 1.38. The molecule has 1 aliphatic carbocycles. The van der Waals surface area contributed by atoms with Crippen LogP contribution < -0.4 is 0 Å². The quantitative estimate of drug-likeness (QED) is 0.549. The fourth-order valence-corrected chi connectivity index (χ4v) is 1.98. The third-order valence-corrected chi connectivity index (χ3v) is 2.60. The molecule has 0 saturated carbocycles. The predicted octanol–water partition coefficient (Wildman–Crippen LogP) is 3.19. The lowest BCUT2D eigenvalue weighted by Gasteiger charge is -2.03. The SMILES string of the molecule is Fc1cc(F)c2c(c1)CCC2Cl. The number of benzene rings is 1. The van der Waals surface area contributed by atoms with Gasteiger partial charge in [-0.1, -0.05) is 0 Å². The lowest BCUT2D eigenvalue weighted by molar-refractivity contribution is 0.573. The van der Waals surface area contributed by atoms with Crippen molar-refractivity contribution in [2.45, 2.75) is 18.2 Å². The largest absolute Gasteiger partial charge is 0.207 e. The van der Waals surface area contributed by atoms with Gasteiger partial charge in [-0.05, 0) is 24.5 Å². The van der Waals surface area contributed by atoms with Crippen LogP contribution >= 0.6 is 11.6 Å². The van der Waals surface area contributed by atoms with Crippen LogP contribution in [0.5, 0.6) is 0 Å². The van der Waals surface area contributed by atoms with Gasteiger partial charge in [0.25, 0.3) is 0 Å². The second-order valence-electron chi connectivity index (χ2n) is 2.97. The molecule has 1 unspecified atom stereocenters. The van der Waals surface area contributed by atoms with Crippen molar-refractivity contribution in [3.05, 3.63) is 34.9 Å². The van der Waals surface area contributed by atoms with E-state index in [-0.39, 0.29) is 5.38 Å². The third-order valence-electron chi connectivity index (χ3n) is 2.16. The summed E-state index contributed by atoms with van der Waals surface area (Å²) < 4.78 is 25.7. The van der Waals surface area contributed by atoms with Crippen LogP contribution in [0.4, 0.5) is 8.78 Å². The van der Waals surface area contributed by atoms with E-state index in [0.29, 0.717) is 24.0 Å². The van der Waals surface area contributed by atoms with Crippen LogP contribution in [0.1, 0.15) is 22.9 Å². The average Bonchev–Trinajstić information content (AvgIpc) is 2.31. The van der Waals surface area contributed by atoms with Crippen LogP contribution in [0, 0.1) is 11.6 Å². The summed E-state index contributed by atoms with van der Waals surface area (Å²) in [5, 5.41) is -0.277. The van der Waals surface area contributed by atoms with E-state index < -0.39 is 11.6 Å². The molecule has 2 rings (SSSR count). The van der Waals surface area contributed by atoms with Crippen LogP contribution in [0.3, 0.4) is 0 Å². The minimum absolute atomic E-state index is 0.277. The van der Waals surface area contributed by atoms with Gasteiger partial charge in [-0.25, -0.2) is 8.78 Å². The average molecular weight is 189 g/mol. The number of fused-ring (bicyclic) bond motifs is 1. The van der Waals surface area contributed by atoms with Gasteiger partial charge >= 0.3 is 0 Å². The zero-order valence-corrected chi connectivity index (χ0v) is 7.04. The highest BCUT2D eigenvalue weighted by molar-refractivity contribution is 6.21. The van der Waals surface area contributed by atoms with E-state index in [2.05, 4.69) is 0 Å². The van der Waals surface area contributed by atoms with Crippen molar-refractivity contribution in [1.29, 1.82) is 0 Å². The van der Waals surface area contributed by atoms with E-state index in [9.17, 15) is 8.78 Å². The molecule has 1 aromatic rings. The number of hydrogen-bond donors (Lipinski definition) is 0. The Morgan fingerprint density at radius 1 is 1.33 bits per heavy atom. The first-order valence-electron chi connectivity index (χ1n) is 3.80. The molecular formula is C9H7ClF2. The van der Waals surface area contributed by atoms with Gasteiger partial charge in [0.15, 0.2) is 0 Å². The molecule has 0 radical (unpaired) electrons. The summed E-state index contributed by atoms with van der Waals surface area (Å²) in [6, 6.07) is 2.25. The summed E-state index contributed by atoms with van der Waals surface area (Å²) >= 11 is 5.84. The topological polar surface area (TPSA) is 0 Å². The zero-order chi connectivity index (χ0) is 8.72. The standard InChI is InChI=1S/C9H7ClF2/c10-7-2-1-5-3-6(11)4-8(12)9(5)7/h3-4,7H,1-2H2. The second-order valence-corrected chi connectivity index (χ2v) is 3.49. The number of alkyl halides is 1. The molecular weight excluding hydrogens is 182 g/mol. The van der Waals surface area contributed by atoms with E-state index in [1.54, 1.807) is 0 Å². The molecule has 0 spiro atoms. The first-order valence-corrected chi connectivity index (χ1v) is 4.24. The molecule has 0 aliphatic heterocycles. The fraction of sp³-hybridized carbons (Fsp3) is 0.333. The van der Waals surface area contributed by atoms with Gasteiger partial charge < -0.3 is 0 Å². The lowest BCUT2D eigenvalue weighted by Crippen LogP contribution is -1.92. The molecule has 0 bridgehead atoms. The van der Waals surface area contributed by atoms with Gasteiger partial charge in [0.2, 0.25) is 0 Å². The van der Waals surface area contributed by atoms with E-state index in [1.807, 2.05) is 0 Å². The molecule has 0 amide bonds. The Kier molecular flexibility index (Phi) is 1.80. The summed E-state index contributed by atoms with van der Waals surface area (Å²) in [4.78, 5) is 0. The molecule has 0 heterocycles. The van der Waals surface area contributed by atoms with Crippen LogP contribution in [0.25, 0.3) is 0 Å². The van der Waals surface area contributed by atoms with Gasteiger partial charge in [0, 0.05) is 11.6 Å². The summed E-state index contributed by atoms with van der Waals surface area (Å²) in [5.41, 5.74) is 1.20. The first kappa shape index (κ1) is 7.99. The Labute approximate surface area is 74.2 Å². The van der Waals surface area contributed by atoms with E-state index in [0.717, 1.165) is 6.07 Å². The molecule has 0 saturated heterocycles. The van der Waals surface area contributed by atoms with Crippen molar-refractivity contribution < 1.29 is 8.78 Å². The highest BCUT2D eigenvalue weighted by Gasteiger charge is 2.24. The molecule has 1 aromatic carbocycles. The summed E-state index contributed by atoms with van der Waals surface area (Å²) in [7, 11) is 0. The predicted molar refractivity (Wildman–Crippen MR) is 43.3 cm³/mol. The third kappa shape index (κ3) is 1.11. The number of aryl methyl sites for hydroxylation is 1. The maximum absolute atomic E-state index is 13.1. The van der Waals surface area contributed by atoms with Gasteiger partial charge in [-0.3, -0.25) is 0 Å². The van der Waals surface area contributed by atoms with Gasteiger partial charge in [0.05, 0.1) is 5.38 Å². The van der Waals surface area contributed by atoms with Gasteiger partial charge in [0.1, 0.15) is 11.6 Å². The lowest BCUT2D eigenvalue weighted by atomic mass is 10.1. The second kappa shape index (κ2) is 2.70. The molecule has 0 nitrogen and oxygen atoms in total. The molecule has 0 fully saturated rings. The zero-order valence-electron chi connectivity index (χ0n) is 6.28. The highest BCUT2D eigenvalue weighted by Crippen LogP contribution is 2.37. The minimum atomic E-state index is -0.517. The minimum Gasteiger partial charge on any atom is -0.207 e. The van der Waals surface area contributed by atoms with Crippen LogP contribution in [0.2, 0.25) is 0 Å². The molecule has 64 valence electrons. The van der Waals surface area contributed by atoms with E-state index in [1.165, 1.54) is 6.07 Å². The summed E-state index contributed by atoms with van der Waals surface area (Å²) in [6.45, 7) is 0. The van der Waals surface area contributed by atoms with Crippen LogP contribution in [0.15, 0.2) is 12.1 Å². The smallest absolute Gasteiger partial charge is 0.131 e. The number of halogens is 3. The Morgan fingerprint density at radius 2 is 2.08 bits per heavy atom. The molecule has 0 aromatic heterocycles. The molecule has 1 aliphatic rings. The normalized spacial score (nSPS) is 21.1.